The van der Waals surface area contributed by atoms with Crippen LogP contribution in [0.3, 0.4) is 0 Å². The Morgan fingerprint density at radius 3 is 2.53 bits per heavy atom. The maximum atomic E-state index is 11.4. The number of aromatic carboxylic acids is 1. The molecule has 1 aromatic rings. The maximum Gasteiger partial charge on any atom is 0.339 e. The lowest BCUT2D eigenvalue weighted by atomic mass is 10.2. The average molecular weight is 260 g/mol. The molecule has 1 aromatic carbocycles. The van der Waals surface area contributed by atoms with Gasteiger partial charge in [-0.1, -0.05) is 0 Å². The quantitative estimate of drug-likeness (QED) is 0.798. The molecule has 0 bridgehead atoms. The summed E-state index contributed by atoms with van der Waals surface area (Å²) in [5.74, 6) is -1.14. The molecule has 7 heteroatoms. The van der Waals surface area contributed by atoms with Gasteiger partial charge in [0.05, 0.1) is 18.6 Å². The third kappa shape index (κ3) is 2.95. The number of carbonyl (C=O) groups is 1. The molecule has 0 amide bonds. The van der Waals surface area contributed by atoms with Crippen LogP contribution in [-0.4, -0.2) is 33.2 Å². The number of hydrogen-bond acceptors (Lipinski definition) is 5. The number of hydrogen-bond donors (Lipinski definition) is 1. The zero-order valence-electron chi connectivity index (χ0n) is 9.34. The highest BCUT2D eigenvalue weighted by Crippen LogP contribution is 2.23. The second-order valence-electron chi connectivity index (χ2n) is 3.02. The fourth-order valence-electron chi connectivity index (χ4n) is 1.21. The van der Waals surface area contributed by atoms with Gasteiger partial charge in [-0.3, -0.25) is 4.18 Å². The number of benzene rings is 1. The Bertz CT molecular complexity index is 520. The molecule has 0 fully saturated rings. The lowest BCUT2D eigenvalue weighted by molar-refractivity contribution is 0.0692. The summed E-state index contributed by atoms with van der Waals surface area (Å²) in [5, 5.41) is 8.94. The molecule has 0 unspecified atom stereocenters. The second-order valence-corrected chi connectivity index (χ2v) is 4.73. The Morgan fingerprint density at radius 2 is 2.06 bits per heavy atom. The Balaban J connectivity index is 3.33. The zero-order chi connectivity index (χ0) is 13.1. The van der Waals surface area contributed by atoms with Crippen LogP contribution >= 0.6 is 0 Å². The molecule has 0 saturated heterocycles. The SMILES string of the molecule is CCOc1ccc(S(=O)(=O)OC)cc1C(=O)O. The van der Waals surface area contributed by atoms with Gasteiger partial charge in [-0.25, -0.2) is 4.79 Å². The van der Waals surface area contributed by atoms with Gasteiger partial charge in [-0.2, -0.15) is 8.42 Å². The summed E-state index contributed by atoms with van der Waals surface area (Å²) in [4.78, 5) is 10.7. The molecule has 1 rings (SSSR count). The highest BCUT2D eigenvalue weighted by Gasteiger charge is 2.19. The van der Waals surface area contributed by atoms with E-state index in [0.717, 1.165) is 13.2 Å². The summed E-state index contributed by atoms with van der Waals surface area (Å²) in [6, 6.07) is 3.53. The minimum atomic E-state index is -3.90. The van der Waals surface area contributed by atoms with E-state index in [-0.39, 0.29) is 22.8 Å². The minimum absolute atomic E-state index is 0.120. The summed E-state index contributed by atoms with van der Waals surface area (Å²) in [5.41, 5.74) is -0.218. The van der Waals surface area contributed by atoms with Crippen LogP contribution in [0.15, 0.2) is 23.1 Å². The molecule has 0 saturated carbocycles. The molecule has 0 aromatic heterocycles. The number of carboxylic acid groups (broad SMARTS) is 1. The summed E-state index contributed by atoms with van der Waals surface area (Å²) in [6.07, 6.45) is 0. The largest absolute Gasteiger partial charge is 0.493 e. The lowest BCUT2D eigenvalue weighted by Gasteiger charge is -2.08. The first-order valence-corrected chi connectivity index (χ1v) is 6.14. The van der Waals surface area contributed by atoms with Crippen molar-refractivity contribution in [3.63, 3.8) is 0 Å². The van der Waals surface area contributed by atoms with Gasteiger partial charge < -0.3 is 9.84 Å². The van der Waals surface area contributed by atoms with Crippen molar-refractivity contribution in [2.45, 2.75) is 11.8 Å². The molecule has 17 heavy (non-hydrogen) atoms. The minimum Gasteiger partial charge on any atom is -0.493 e. The van der Waals surface area contributed by atoms with E-state index in [4.69, 9.17) is 9.84 Å². The Hall–Kier alpha value is -1.60. The van der Waals surface area contributed by atoms with Crippen LogP contribution in [0.4, 0.5) is 0 Å². The van der Waals surface area contributed by atoms with Gasteiger partial charge in [0.15, 0.2) is 0 Å². The molecule has 0 spiro atoms. The van der Waals surface area contributed by atoms with Crippen LogP contribution in [0.2, 0.25) is 0 Å². The number of ether oxygens (including phenoxy) is 1. The molecule has 0 aliphatic heterocycles. The van der Waals surface area contributed by atoms with Crippen molar-refractivity contribution in [2.75, 3.05) is 13.7 Å². The van der Waals surface area contributed by atoms with Gasteiger partial charge >= 0.3 is 5.97 Å². The first-order valence-electron chi connectivity index (χ1n) is 4.73. The molecule has 6 nitrogen and oxygen atoms in total. The van der Waals surface area contributed by atoms with E-state index >= 15 is 0 Å². The van der Waals surface area contributed by atoms with Gasteiger partial charge in [0.25, 0.3) is 10.1 Å². The van der Waals surface area contributed by atoms with Crippen LogP contribution in [-0.2, 0) is 14.3 Å². The van der Waals surface area contributed by atoms with Crippen LogP contribution < -0.4 is 4.74 Å². The highest BCUT2D eigenvalue weighted by molar-refractivity contribution is 7.86. The lowest BCUT2D eigenvalue weighted by Crippen LogP contribution is -2.07. The van der Waals surface area contributed by atoms with Crippen molar-refractivity contribution in [1.29, 1.82) is 0 Å². The van der Waals surface area contributed by atoms with E-state index in [1.165, 1.54) is 12.1 Å². The molecule has 1 N–H and O–H groups in total. The van der Waals surface area contributed by atoms with Crippen LogP contribution in [0, 0.1) is 0 Å². The first kappa shape index (κ1) is 13.5. The van der Waals surface area contributed by atoms with Crippen LogP contribution in [0.1, 0.15) is 17.3 Å². The summed E-state index contributed by atoms with van der Waals surface area (Å²) in [6.45, 7) is 1.99. The van der Waals surface area contributed by atoms with Crippen LogP contribution in [0.5, 0.6) is 5.75 Å². The summed E-state index contributed by atoms with van der Waals surface area (Å²) in [7, 11) is -2.90. The monoisotopic (exact) mass is 260 g/mol. The molecule has 0 heterocycles. The number of carboxylic acids is 1. The third-order valence-corrected chi connectivity index (χ3v) is 3.26. The molecular formula is C10H12O6S. The molecule has 94 valence electrons. The molecule has 0 radical (unpaired) electrons. The molecule has 0 atom stereocenters. The van der Waals surface area contributed by atoms with Crippen molar-refractivity contribution in [1.82, 2.24) is 0 Å². The van der Waals surface area contributed by atoms with E-state index in [9.17, 15) is 13.2 Å². The van der Waals surface area contributed by atoms with Crippen molar-refractivity contribution in [2.24, 2.45) is 0 Å². The third-order valence-electron chi connectivity index (χ3n) is 1.99. The Labute approximate surface area is 98.9 Å². The van der Waals surface area contributed by atoms with Gasteiger partial charge in [0, 0.05) is 0 Å². The first-order chi connectivity index (χ1) is 7.92. The Morgan fingerprint density at radius 1 is 1.41 bits per heavy atom. The highest BCUT2D eigenvalue weighted by atomic mass is 32.2. The van der Waals surface area contributed by atoms with Crippen LogP contribution in [0.25, 0.3) is 0 Å². The normalized spacial score (nSPS) is 11.2. The summed E-state index contributed by atoms with van der Waals surface area (Å²) >= 11 is 0. The van der Waals surface area contributed by atoms with E-state index in [1.54, 1.807) is 6.92 Å². The van der Waals surface area contributed by atoms with Gasteiger partial charge in [0.2, 0.25) is 0 Å². The maximum absolute atomic E-state index is 11.4. The number of rotatable bonds is 5. The van der Waals surface area contributed by atoms with Crippen molar-refractivity contribution < 1.29 is 27.2 Å². The summed E-state index contributed by atoms with van der Waals surface area (Å²) < 4.78 is 32.2. The second kappa shape index (κ2) is 5.15. The van der Waals surface area contributed by atoms with Crippen molar-refractivity contribution in [3.05, 3.63) is 23.8 Å². The average Bonchev–Trinajstić information content (AvgIpc) is 2.29. The van der Waals surface area contributed by atoms with Gasteiger partial charge in [-0.05, 0) is 25.1 Å². The van der Waals surface area contributed by atoms with E-state index in [2.05, 4.69) is 4.18 Å². The predicted octanol–water partition coefficient (Wildman–Crippen LogP) is 1.12. The van der Waals surface area contributed by atoms with Gasteiger partial charge in [0.1, 0.15) is 11.3 Å². The van der Waals surface area contributed by atoms with Gasteiger partial charge in [-0.15, -0.1) is 0 Å². The molecule has 0 aliphatic rings. The van der Waals surface area contributed by atoms with E-state index in [0.29, 0.717) is 0 Å². The molecule has 0 aliphatic carbocycles. The van der Waals surface area contributed by atoms with Crippen molar-refractivity contribution in [3.8, 4) is 5.75 Å². The fraction of sp³-hybridized carbons (Fsp3) is 0.300. The van der Waals surface area contributed by atoms with E-state index in [1.807, 2.05) is 0 Å². The van der Waals surface area contributed by atoms with E-state index < -0.39 is 16.1 Å². The zero-order valence-corrected chi connectivity index (χ0v) is 10.2. The molecular weight excluding hydrogens is 248 g/mol. The smallest absolute Gasteiger partial charge is 0.339 e. The predicted molar refractivity (Wildman–Crippen MR) is 58.8 cm³/mol. The fourth-order valence-corrected chi connectivity index (χ4v) is 1.90. The topological polar surface area (TPSA) is 89.9 Å². The Kier molecular flexibility index (Phi) is 4.08. The van der Waals surface area contributed by atoms with Crippen molar-refractivity contribution >= 4 is 16.1 Å². The standard InChI is InChI=1S/C10H12O6S/c1-3-16-9-5-4-7(17(13,14)15-2)6-8(9)10(11)12/h4-6H,3H2,1-2H3,(H,11,12).